The number of H-pyrrole nitrogens is 1. The number of fused-ring (bicyclic) bond motifs is 1. The van der Waals surface area contributed by atoms with Crippen LogP contribution in [0.5, 0.6) is 5.75 Å². The maximum Gasteiger partial charge on any atom is 0.296 e. The Balaban J connectivity index is 1.45. The molecule has 0 bridgehead atoms. The van der Waals surface area contributed by atoms with E-state index < -0.39 is 6.10 Å². The third-order valence-electron chi connectivity index (χ3n) is 6.43. The van der Waals surface area contributed by atoms with Crippen LogP contribution in [0.3, 0.4) is 0 Å². The first-order chi connectivity index (χ1) is 14.2. The summed E-state index contributed by atoms with van der Waals surface area (Å²) in [6, 6.07) is 7.82. The maximum absolute atomic E-state index is 11.6. The number of nitrogens with one attached hydrogen (secondary N) is 3. The van der Waals surface area contributed by atoms with Crippen molar-refractivity contribution < 1.29 is 14.6 Å². The van der Waals surface area contributed by atoms with Crippen molar-refractivity contribution in [2.45, 2.75) is 63.6 Å². The third kappa shape index (κ3) is 5.35. The molecule has 1 aromatic carbocycles. The van der Waals surface area contributed by atoms with Crippen molar-refractivity contribution in [3.8, 4) is 18.1 Å². The van der Waals surface area contributed by atoms with Gasteiger partial charge in [0.15, 0.2) is 0 Å². The van der Waals surface area contributed by atoms with E-state index >= 15 is 0 Å². The van der Waals surface area contributed by atoms with Gasteiger partial charge in [0.1, 0.15) is 18.5 Å². The standard InChI is InChI=1S/C24H33N3O3/c1-5-22(29)27-23(2,3)17-9-12-24(4,13-10-17)26-15-18(28)16-30-21-8-6-7-20-19(21)11-14-25-20/h1,6-8,11,14,17-18,25-26,28H,9-10,12-13,15-16H2,2-4H3,(H,27,29). The zero-order chi connectivity index (χ0) is 21.8. The summed E-state index contributed by atoms with van der Waals surface area (Å²) in [7, 11) is 0. The van der Waals surface area contributed by atoms with Gasteiger partial charge in [0, 0.05) is 34.7 Å². The van der Waals surface area contributed by atoms with Crippen LogP contribution in [-0.2, 0) is 4.79 Å². The molecule has 1 aliphatic carbocycles. The zero-order valence-electron chi connectivity index (χ0n) is 18.1. The molecule has 1 fully saturated rings. The number of hydrogen-bond donors (Lipinski definition) is 4. The zero-order valence-corrected chi connectivity index (χ0v) is 18.1. The van der Waals surface area contributed by atoms with E-state index in [2.05, 4.69) is 28.5 Å². The number of carbonyl (C=O) groups is 1. The van der Waals surface area contributed by atoms with Gasteiger partial charge in [-0.1, -0.05) is 6.07 Å². The van der Waals surface area contributed by atoms with E-state index in [9.17, 15) is 9.90 Å². The Morgan fingerprint density at radius 2 is 2.13 bits per heavy atom. The minimum absolute atomic E-state index is 0.0374. The molecule has 1 unspecified atom stereocenters. The number of amides is 1. The first-order valence-electron chi connectivity index (χ1n) is 10.6. The van der Waals surface area contributed by atoms with Crippen molar-refractivity contribution in [1.29, 1.82) is 0 Å². The first kappa shape index (κ1) is 22.2. The smallest absolute Gasteiger partial charge is 0.296 e. The number of terminal acetylenes is 1. The molecule has 0 spiro atoms. The van der Waals surface area contributed by atoms with E-state index in [1.807, 2.05) is 44.3 Å². The average molecular weight is 412 g/mol. The minimum atomic E-state index is -0.597. The van der Waals surface area contributed by atoms with Crippen LogP contribution < -0.4 is 15.4 Å². The molecule has 0 radical (unpaired) electrons. The second-order valence-electron chi connectivity index (χ2n) is 9.20. The van der Waals surface area contributed by atoms with Gasteiger partial charge < -0.3 is 25.5 Å². The number of carbonyl (C=O) groups excluding carboxylic acids is 1. The molecule has 2 aromatic rings. The average Bonchev–Trinajstić information content (AvgIpc) is 3.20. The number of benzene rings is 1. The van der Waals surface area contributed by atoms with Gasteiger partial charge in [0.25, 0.3) is 5.91 Å². The van der Waals surface area contributed by atoms with Gasteiger partial charge in [-0.2, -0.15) is 0 Å². The number of rotatable bonds is 8. The van der Waals surface area contributed by atoms with Crippen LogP contribution in [-0.4, -0.2) is 46.3 Å². The van der Waals surface area contributed by atoms with Crippen LogP contribution in [0.25, 0.3) is 10.9 Å². The van der Waals surface area contributed by atoms with Crippen molar-refractivity contribution in [3.05, 3.63) is 30.5 Å². The number of aliphatic hydroxyl groups is 1. The van der Waals surface area contributed by atoms with Gasteiger partial charge in [0.2, 0.25) is 0 Å². The topological polar surface area (TPSA) is 86.4 Å². The lowest BCUT2D eigenvalue weighted by Gasteiger charge is -2.44. The molecule has 30 heavy (non-hydrogen) atoms. The van der Waals surface area contributed by atoms with E-state index in [1.54, 1.807) is 0 Å². The summed E-state index contributed by atoms with van der Waals surface area (Å²) in [5, 5.41) is 17.9. The summed E-state index contributed by atoms with van der Waals surface area (Å²) in [5.41, 5.74) is 0.660. The fourth-order valence-corrected chi connectivity index (χ4v) is 4.38. The van der Waals surface area contributed by atoms with Gasteiger partial charge in [-0.15, -0.1) is 6.42 Å². The van der Waals surface area contributed by atoms with E-state index in [0.717, 1.165) is 42.3 Å². The Kier molecular flexibility index (Phi) is 6.74. The molecule has 6 nitrogen and oxygen atoms in total. The molecule has 1 aromatic heterocycles. The Labute approximate surface area is 178 Å². The van der Waals surface area contributed by atoms with Crippen LogP contribution in [0.1, 0.15) is 46.5 Å². The molecular weight excluding hydrogens is 378 g/mol. The van der Waals surface area contributed by atoms with Gasteiger partial charge in [-0.05, 0) is 76.5 Å². The van der Waals surface area contributed by atoms with Crippen molar-refractivity contribution in [3.63, 3.8) is 0 Å². The fraction of sp³-hybridized carbons (Fsp3) is 0.542. The summed E-state index contributed by atoms with van der Waals surface area (Å²) in [5.74, 6) is 2.93. The molecule has 6 heteroatoms. The lowest BCUT2D eigenvalue weighted by Crippen LogP contribution is -2.54. The fourth-order valence-electron chi connectivity index (χ4n) is 4.38. The Bertz CT molecular complexity index is 904. The van der Waals surface area contributed by atoms with Crippen LogP contribution >= 0.6 is 0 Å². The monoisotopic (exact) mass is 411 g/mol. The summed E-state index contributed by atoms with van der Waals surface area (Å²) in [6.45, 7) is 6.98. The van der Waals surface area contributed by atoms with Crippen molar-refractivity contribution in [2.75, 3.05) is 13.2 Å². The molecule has 4 N–H and O–H groups in total. The molecular formula is C24H33N3O3. The maximum atomic E-state index is 11.6. The third-order valence-corrected chi connectivity index (χ3v) is 6.43. The van der Waals surface area contributed by atoms with Crippen LogP contribution in [0.4, 0.5) is 0 Å². The molecule has 1 aliphatic rings. The minimum Gasteiger partial charge on any atom is -0.490 e. The van der Waals surface area contributed by atoms with Gasteiger partial charge in [0.05, 0.1) is 0 Å². The van der Waals surface area contributed by atoms with Crippen molar-refractivity contribution in [1.82, 2.24) is 15.6 Å². The molecule has 0 aliphatic heterocycles. The largest absolute Gasteiger partial charge is 0.490 e. The SMILES string of the molecule is C#CC(=O)NC(C)(C)C1CCC(C)(NCC(O)COc2cccc3[nH]ccc23)CC1. The van der Waals surface area contributed by atoms with Crippen LogP contribution in [0, 0.1) is 18.3 Å². The highest BCUT2D eigenvalue weighted by Gasteiger charge is 2.38. The molecule has 1 heterocycles. The number of aromatic amines is 1. The van der Waals surface area contributed by atoms with Crippen molar-refractivity contribution in [2.24, 2.45) is 5.92 Å². The molecule has 1 atom stereocenters. The molecule has 3 rings (SSSR count). The highest BCUT2D eigenvalue weighted by molar-refractivity contribution is 5.93. The Hall–Kier alpha value is -2.49. The Morgan fingerprint density at radius 3 is 2.83 bits per heavy atom. The highest BCUT2D eigenvalue weighted by Crippen LogP contribution is 2.37. The van der Waals surface area contributed by atoms with Gasteiger partial charge in [-0.3, -0.25) is 4.79 Å². The molecule has 1 saturated carbocycles. The quantitative estimate of drug-likeness (QED) is 0.503. The predicted molar refractivity (Wildman–Crippen MR) is 119 cm³/mol. The highest BCUT2D eigenvalue weighted by atomic mass is 16.5. The lowest BCUT2D eigenvalue weighted by atomic mass is 9.70. The summed E-state index contributed by atoms with van der Waals surface area (Å²) >= 11 is 0. The normalized spacial score (nSPS) is 23.0. The molecule has 162 valence electrons. The van der Waals surface area contributed by atoms with Gasteiger partial charge >= 0.3 is 0 Å². The van der Waals surface area contributed by atoms with Crippen LogP contribution in [0.15, 0.2) is 30.5 Å². The van der Waals surface area contributed by atoms with E-state index in [0.29, 0.717) is 12.5 Å². The number of aliphatic hydroxyl groups excluding tert-OH is 1. The lowest BCUT2D eigenvalue weighted by molar-refractivity contribution is -0.118. The number of hydrogen-bond acceptors (Lipinski definition) is 4. The van der Waals surface area contributed by atoms with E-state index in [4.69, 9.17) is 11.2 Å². The van der Waals surface area contributed by atoms with E-state index in [1.165, 1.54) is 0 Å². The molecule has 0 saturated heterocycles. The summed E-state index contributed by atoms with van der Waals surface area (Å²) < 4.78 is 5.86. The predicted octanol–water partition coefficient (Wildman–Crippen LogP) is 2.97. The number of ether oxygens (including phenoxy) is 1. The van der Waals surface area contributed by atoms with Crippen LogP contribution in [0.2, 0.25) is 0 Å². The Morgan fingerprint density at radius 1 is 1.40 bits per heavy atom. The number of aromatic nitrogens is 1. The summed E-state index contributed by atoms with van der Waals surface area (Å²) in [4.78, 5) is 14.8. The summed E-state index contributed by atoms with van der Waals surface area (Å²) in [6.07, 6.45) is 10.4. The molecule has 1 amide bonds. The number of β-amino-alcohol motifs (C(OH)–C–C–N with tert-alkyl or cyclic N) is 1. The first-order valence-corrected chi connectivity index (χ1v) is 10.6. The second kappa shape index (κ2) is 9.11. The van der Waals surface area contributed by atoms with Crippen molar-refractivity contribution >= 4 is 16.8 Å². The van der Waals surface area contributed by atoms with Gasteiger partial charge in [-0.25, -0.2) is 0 Å². The van der Waals surface area contributed by atoms with E-state index in [-0.39, 0.29) is 23.6 Å². The second-order valence-corrected chi connectivity index (χ2v) is 9.20.